The van der Waals surface area contributed by atoms with Crippen LogP contribution in [0.25, 0.3) is 0 Å². The van der Waals surface area contributed by atoms with E-state index in [0.717, 1.165) is 0 Å². The Hall–Kier alpha value is -0.900. The van der Waals surface area contributed by atoms with Gasteiger partial charge in [0.25, 0.3) is 0 Å². The van der Waals surface area contributed by atoms with Crippen molar-refractivity contribution in [2.24, 2.45) is 11.8 Å². The summed E-state index contributed by atoms with van der Waals surface area (Å²) in [7, 11) is 0. The second kappa shape index (κ2) is 3.87. The number of carbonyl (C=O) groups excluding carboxylic acids is 2. The van der Waals surface area contributed by atoms with Crippen LogP contribution in [0.2, 0.25) is 0 Å². The van der Waals surface area contributed by atoms with E-state index < -0.39 is 11.9 Å². The molecule has 1 fully saturated rings. The van der Waals surface area contributed by atoms with E-state index in [9.17, 15) is 9.59 Å². The predicted molar refractivity (Wildman–Crippen MR) is 44.9 cm³/mol. The van der Waals surface area contributed by atoms with E-state index in [-0.39, 0.29) is 24.4 Å². The number of hydrogen-bond donors (Lipinski definition) is 1. The lowest BCUT2D eigenvalue weighted by Crippen LogP contribution is -2.24. The summed E-state index contributed by atoms with van der Waals surface area (Å²) >= 11 is 0. The van der Waals surface area contributed by atoms with Gasteiger partial charge >= 0.3 is 5.97 Å². The molecule has 3 atom stereocenters. The summed E-state index contributed by atoms with van der Waals surface area (Å²) in [6.07, 6.45) is 0.114. The number of rotatable bonds is 3. The standard InChI is InChI=1S/C9H14O4/c1-5-7(3-4-10)13-9(12)8(5)6(2)11/h5,7-8,10H,3-4H2,1-2H3/t5-,7-,8-/m1/s1. The van der Waals surface area contributed by atoms with Gasteiger partial charge < -0.3 is 9.84 Å². The first kappa shape index (κ1) is 10.2. The Labute approximate surface area is 76.9 Å². The number of hydrogen-bond acceptors (Lipinski definition) is 4. The first-order valence-corrected chi connectivity index (χ1v) is 4.39. The van der Waals surface area contributed by atoms with Crippen molar-refractivity contribution in [3.05, 3.63) is 0 Å². The molecule has 0 unspecified atom stereocenters. The zero-order chi connectivity index (χ0) is 10.0. The van der Waals surface area contributed by atoms with Gasteiger partial charge in [0.2, 0.25) is 0 Å². The van der Waals surface area contributed by atoms with Crippen molar-refractivity contribution < 1.29 is 19.4 Å². The molecule has 0 aromatic rings. The average molecular weight is 186 g/mol. The van der Waals surface area contributed by atoms with Crippen LogP contribution in [0.15, 0.2) is 0 Å². The second-order valence-electron chi connectivity index (χ2n) is 3.44. The number of Topliss-reactive ketones (excluding diaryl/α,β-unsaturated/α-hetero) is 1. The van der Waals surface area contributed by atoms with Crippen molar-refractivity contribution >= 4 is 11.8 Å². The maximum absolute atomic E-state index is 11.2. The summed E-state index contributed by atoms with van der Waals surface area (Å²) in [6, 6.07) is 0. The molecule has 0 saturated carbocycles. The van der Waals surface area contributed by atoms with Crippen molar-refractivity contribution in [2.45, 2.75) is 26.4 Å². The highest BCUT2D eigenvalue weighted by molar-refractivity contribution is 5.99. The molecule has 1 heterocycles. The summed E-state index contributed by atoms with van der Waals surface area (Å²) in [4.78, 5) is 22.2. The topological polar surface area (TPSA) is 63.6 Å². The van der Waals surface area contributed by atoms with E-state index >= 15 is 0 Å². The van der Waals surface area contributed by atoms with E-state index in [1.165, 1.54) is 6.92 Å². The van der Waals surface area contributed by atoms with Crippen LogP contribution < -0.4 is 0 Å². The van der Waals surface area contributed by atoms with Crippen LogP contribution in [0.3, 0.4) is 0 Å². The monoisotopic (exact) mass is 186 g/mol. The summed E-state index contributed by atoms with van der Waals surface area (Å²) in [6.45, 7) is 3.17. The van der Waals surface area contributed by atoms with Crippen molar-refractivity contribution in [1.29, 1.82) is 0 Å². The van der Waals surface area contributed by atoms with Crippen LogP contribution in [-0.2, 0) is 14.3 Å². The van der Waals surface area contributed by atoms with Crippen molar-refractivity contribution in [2.75, 3.05) is 6.61 Å². The van der Waals surface area contributed by atoms with Crippen molar-refractivity contribution in [3.8, 4) is 0 Å². The van der Waals surface area contributed by atoms with Crippen LogP contribution in [0.4, 0.5) is 0 Å². The molecule has 1 N–H and O–H groups in total. The number of carbonyl (C=O) groups is 2. The van der Waals surface area contributed by atoms with Crippen molar-refractivity contribution in [1.82, 2.24) is 0 Å². The molecule has 13 heavy (non-hydrogen) atoms. The zero-order valence-corrected chi connectivity index (χ0v) is 7.82. The van der Waals surface area contributed by atoms with Gasteiger partial charge in [0.1, 0.15) is 17.8 Å². The number of aliphatic hydroxyl groups excluding tert-OH is 1. The second-order valence-corrected chi connectivity index (χ2v) is 3.44. The minimum atomic E-state index is -0.628. The lowest BCUT2D eigenvalue weighted by atomic mass is 9.88. The molecule has 74 valence electrons. The van der Waals surface area contributed by atoms with Gasteiger partial charge in [0, 0.05) is 18.9 Å². The van der Waals surface area contributed by atoms with Gasteiger partial charge in [0.15, 0.2) is 0 Å². The van der Waals surface area contributed by atoms with E-state index in [1.54, 1.807) is 6.92 Å². The molecule has 0 aromatic carbocycles. The molecule has 1 aliphatic rings. The highest BCUT2D eigenvalue weighted by Crippen LogP contribution is 2.30. The molecule has 0 aliphatic carbocycles. The molecule has 0 radical (unpaired) electrons. The van der Waals surface area contributed by atoms with Crippen molar-refractivity contribution in [3.63, 3.8) is 0 Å². The number of ether oxygens (including phenoxy) is 1. The maximum atomic E-state index is 11.2. The smallest absolute Gasteiger partial charge is 0.317 e. The molecule has 4 nitrogen and oxygen atoms in total. The lowest BCUT2D eigenvalue weighted by Gasteiger charge is -2.13. The fourth-order valence-corrected chi connectivity index (χ4v) is 1.74. The van der Waals surface area contributed by atoms with E-state index in [2.05, 4.69) is 0 Å². The van der Waals surface area contributed by atoms with Gasteiger partial charge in [0.05, 0.1) is 0 Å². The largest absolute Gasteiger partial charge is 0.461 e. The zero-order valence-electron chi connectivity index (χ0n) is 7.82. The van der Waals surface area contributed by atoms with E-state index in [4.69, 9.17) is 9.84 Å². The molecule has 0 amide bonds. The van der Waals surface area contributed by atoms with Crippen LogP contribution >= 0.6 is 0 Å². The third-order valence-electron chi connectivity index (χ3n) is 2.49. The third kappa shape index (κ3) is 1.88. The number of aliphatic hydroxyl groups is 1. The lowest BCUT2D eigenvalue weighted by molar-refractivity contribution is -0.146. The molecule has 4 heteroatoms. The van der Waals surface area contributed by atoms with Crippen LogP contribution in [0, 0.1) is 11.8 Å². The summed E-state index contributed by atoms with van der Waals surface area (Å²) < 4.78 is 4.97. The normalized spacial score (nSPS) is 33.2. The number of cyclic esters (lactones) is 1. The quantitative estimate of drug-likeness (QED) is 0.503. The van der Waals surface area contributed by atoms with Gasteiger partial charge in [-0.05, 0) is 6.92 Å². The maximum Gasteiger partial charge on any atom is 0.317 e. The predicted octanol–water partition coefficient (Wildman–Crippen LogP) is 0.135. The minimum Gasteiger partial charge on any atom is -0.461 e. The van der Waals surface area contributed by atoms with Crippen LogP contribution in [0.1, 0.15) is 20.3 Å². The minimum absolute atomic E-state index is 0.0209. The Morgan fingerprint density at radius 2 is 2.23 bits per heavy atom. The molecular formula is C9H14O4. The summed E-state index contributed by atoms with van der Waals surface area (Å²) in [5.41, 5.74) is 0. The van der Waals surface area contributed by atoms with Crippen LogP contribution in [-0.4, -0.2) is 29.6 Å². The molecule has 0 bridgehead atoms. The Morgan fingerprint density at radius 1 is 1.62 bits per heavy atom. The molecule has 1 aliphatic heterocycles. The molecule has 1 saturated heterocycles. The van der Waals surface area contributed by atoms with Gasteiger partial charge in [-0.15, -0.1) is 0 Å². The number of esters is 1. The molecule has 1 rings (SSSR count). The van der Waals surface area contributed by atoms with E-state index in [0.29, 0.717) is 6.42 Å². The average Bonchev–Trinajstić information content (AvgIpc) is 2.28. The molecule has 0 aromatic heterocycles. The van der Waals surface area contributed by atoms with Gasteiger partial charge in [-0.25, -0.2) is 0 Å². The number of ketones is 1. The van der Waals surface area contributed by atoms with Gasteiger partial charge in [-0.2, -0.15) is 0 Å². The third-order valence-corrected chi connectivity index (χ3v) is 2.49. The van der Waals surface area contributed by atoms with E-state index in [1.807, 2.05) is 0 Å². The van der Waals surface area contributed by atoms with Gasteiger partial charge in [-0.1, -0.05) is 6.92 Å². The Morgan fingerprint density at radius 3 is 2.62 bits per heavy atom. The molecular weight excluding hydrogens is 172 g/mol. The first-order valence-electron chi connectivity index (χ1n) is 4.39. The van der Waals surface area contributed by atoms with Gasteiger partial charge in [-0.3, -0.25) is 9.59 Å². The Balaban J connectivity index is 2.69. The summed E-state index contributed by atoms with van der Waals surface area (Å²) in [5, 5.41) is 8.68. The summed E-state index contributed by atoms with van der Waals surface area (Å²) in [5.74, 6) is -1.34. The highest BCUT2D eigenvalue weighted by Gasteiger charge is 2.43. The highest BCUT2D eigenvalue weighted by atomic mass is 16.6. The van der Waals surface area contributed by atoms with Crippen LogP contribution in [0.5, 0.6) is 0 Å². The fourth-order valence-electron chi connectivity index (χ4n) is 1.74. The fraction of sp³-hybridized carbons (Fsp3) is 0.778. The Kier molecular flexibility index (Phi) is 3.03. The first-order chi connectivity index (χ1) is 6.07. The Bertz CT molecular complexity index is 224. The SMILES string of the molecule is CC(=O)[C@@H]1C(=O)O[C@H](CCO)[C@H]1C. The molecule has 0 spiro atoms.